The normalized spacial score (nSPS) is 15.8. The maximum Gasteiger partial charge on any atom is 0.241 e. The monoisotopic (exact) mass is 346 g/mol. The van der Waals surface area contributed by atoms with Crippen LogP contribution < -0.4 is 5.32 Å². The van der Waals surface area contributed by atoms with Crippen LogP contribution in [0, 0.1) is 5.82 Å². The van der Waals surface area contributed by atoms with Gasteiger partial charge >= 0.3 is 0 Å². The highest BCUT2D eigenvalue weighted by molar-refractivity contribution is 5.83. The molecule has 1 aromatic carbocycles. The molecule has 0 radical (unpaired) electrons. The Morgan fingerprint density at radius 2 is 2.24 bits per heavy atom. The number of halogens is 1. The number of likely N-dealkylation sites (N-methyl/N-ethyl adjacent to an activating group) is 1. The van der Waals surface area contributed by atoms with E-state index < -0.39 is 6.04 Å². The number of nitrogens with zero attached hydrogens (tertiary/aromatic N) is 3. The third-order valence-corrected chi connectivity index (χ3v) is 4.52. The molecule has 1 N–H and O–H groups in total. The molecule has 0 bridgehead atoms. The van der Waals surface area contributed by atoms with Crippen LogP contribution in [0.5, 0.6) is 0 Å². The highest BCUT2D eigenvalue weighted by atomic mass is 19.1. The minimum atomic E-state index is -0.550. The third kappa shape index (κ3) is 4.22. The number of hydrogen-bond acceptors (Lipinski definition) is 5. The van der Waals surface area contributed by atoms with Crippen LogP contribution in [0.2, 0.25) is 0 Å². The maximum atomic E-state index is 13.5. The van der Waals surface area contributed by atoms with Crippen molar-refractivity contribution in [3.63, 3.8) is 0 Å². The number of amides is 1. The Hall–Kier alpha value is -2.28. The van der Waals surface area contributed by atoms with Gasteiger partial charge in [-0.05, 0) is 44.6 Å². The number of hydrogen-bond donors (Lipinski definition) is 1. The predicted octanol–water partition coefficient (Wildman–Crippen LogP) is 2.44. The second-order valence-corrected chi connectivity index (χ2v) is 6.64. The second kappa shape index (κ2) is 7.74. The smallest absolute Gasteiger partial charge is 0.241 e. The van der Waals surface area contributed by atoms with Crippen molar-refractivity contribution in [3.05, 3.63) is 47.4 Å². The SMILES string of the molecule is CN(C)[C@@H](C(=O)NCCc1noc(C2CCC2)n1)c1cccc(F)c1. The van der Waals surface area contributed by atoms with Crippen molar-refractivity contribution in [2.24, 2.45) is 0 Å². The van der Waals surface area contributed by atoms with E-state index in [0.717, 1.165) is 12.8 Å². The Bertz CT molecular complexity index is 727. The average Bonchev–Trinajstić information content (AvgIpc) is 2.93. The molecule has 1 aliphatic rings. The van der Waals surface area contributed by atoms with E-state index >= 15 is 0 Å². The summed E-state index contributed by atoms with van der Waals surface area (Å²) in [5, 5.41) is 6.84. The van der Waals surface area contributed by atoms with Gasteiger partial charge in [-0.3, -0.25) is 9.69 Å². The van der Waals surface area contributed by atoms with E-state index in [2.05, 4.69) is 15.5 Å². The molecule has 1 fully saturated rings. The molecule has 2 aromatic rings. The van der Waals surface area contributed by atoms with E-state index in [0.29, 0.717) is 36.2 Å². The van der Waals surface area contributed by atoms with Crippen molar-refractivity contribution in [3.8, 4) is 0 Å². The summed E-state index contributed by atoms with van der Waals surface area (Å²) in [4.78, 5) is 18.7. The van der Waals surface area contributed by atoms with Gasteiger partial charge in [-0.2, -0.15) is 4.98 Å². The Morgan fingerprint density at radius 1 is 1.44 bits per heavy atom. The fourth-order valence-corrected chi connectivity index (χ4v) is 2.94. The van der Waals surface area contributed by atoms with Crippen molar-refractivity contribution < 1.29 is 13.7 Å². The van der Waals surface area contributed by atoms with Crippen LogP contribution in [0.1, 0.15) is 48.5 Å². The number of carbonyl (C=O) groups excluding carboxylic acids is 1. The lowest BCUT2D eigenvalue weighted by atomic mass is 9.85. The fourth-order valence-electron chi connectivity index (χ4n) is 2.94. The van der Waals surface area contributed by atoms with Gasteiger partial charge in [-0.15, -0.1) is 0 Å². The van der Waals surface area contributed by atoms with Crippen molar-refractivity contribution in [2.75, 3.05) is 20.6 Å². The van der Waals surface area contributed by atoms with Crippen LogP contribution in [0.15, 0.2) is 28.8 Å². The first-order valence-corrected chi connectivity index (χ1v) is 8.56. The molecule has 6 nitrogen and oxygen atoms in total. The van der Waals surface area contributed by atoms with Crippen LogP contribution in [-0.2, 0) is 11.2 Å². The molecule has 0 spiro atoms. The molecule has 1 saturated carbocycles. The van der Waals surface area contributed by atoms with Gasteiger partial charge in [0.25, 0.3) is 0 Å². The molecule has 1 aliphatic carbocycles. The molecule has 0 saturated heterocycles. The van der Waals surface area contributed by atoms with Gasteiger partial charge < -0.3 is 9.84 Å². The summed E-state index contributed by atoms with van der Waals surface area (Å²) >= 11 is 0. The van der Waals surface area contributed by atoms with Gasteiger partial charge in [0.1, 0.15) is 11.9 Å². The zero-order chi connectivity index (χ0) is 17.8. The summed E-state index contributed by atoms with van der Waals surface area (Å²) < 4.78 is 18.7. The van der Waals surface area contributed by atoms with Gasteiger partial charge in [0.2, 0.25) is 11.8 Å². The van der Waals surface area contributed by atoms with Crippen molar-refractivity contribution in [1.29, 1.82) is 0 Å². The van der Waals surface area contributed by atoms with Crippen molar-refractivity contribution in [2.45, 2.75) is 37.6 Å². The standard InChI is InChI=1S/C18H23FN4O2/c1-23(2)16(13-7-4-8-14(19)11-13)17(24)20-10-9-15-21-18(25-22-15)12-5-3-6-12/h4,7-8,11-12,16H,3,5-6,9-10H2,1-2H3,(H,20,24)/t16-/m1/s1. The molecule has 1 heterocycles. The van der Waals surface area contributed by atoms with Crippen LogP contribution >= 0.6 is 0 Å². The minimum Gasteiger partial charge on any atom is -0.354 e. The molecule has 0 unspecified atom stereocenters. The number of benzene rings is 1. The van der Waals surface area contributed by atoms with Crippen molar-refractivity contribution in [1.82, 2.24) is 20.4 Å². The highest BCUT2D eigenvalue weighted by Gasteiger charge is 2.26. The lowest BCUT2D eigenvalue weighted by Crippen LogP contribution is -2.38. The Morgan fingerprint density at radius 3 is 2.88 bits per heavy atom. The first-order valence-electron chi connectivity index (χ1n) is 8.56. The van der Waals surface area contributed by atoms with Crippen LogP contribution in [0.25, 0.3) is 0 Å². The summed E-state index contributed by atoms with van der Waals surface area (Å²) in [5.41, 5.74) is 0.620. The fraction of sp³-hybridized carbons (Fsp3) is 0.500. The zero-order valence-electron chi connectivity index (χ0n) is 14.5. The molecular weight excluding hydrogens is 323 g/mol. The second-order valence-electron chi connectivity index (χ2n) is 6.64. The summed E-state index contributed by atoms with van der Waals surface area (Å²) in [6, 6.07) is 5.55. The highest BCUT2D eigenvalue weighted by Crippen LogP contribution is 2.35. The molecule has 134 valence electrons. The molecule has 3 rings (SSSR count). The van der Waals surface area contributed by atoms with Gasteiger partial charge in [0.15, 0.2) is 5.82 Å². The number of carbonyl (C=O) groups is 1. The van der Waals surface area contributed by atoms with Crippen LogP contribution in [-0.4, -0.2) is 41.6 Å². The Labute approximate surface area is 146 Å². The Balaban J connectivity index is 1.55. The molecule has 1 amide bonds. The summed E-state index contributed by atoms with van der Waals surface area (Å²) in [6.45, 7) is 0.405. The quantitative estimate of drug-likeness (QED) is 0.834. The maximum absolute atomic E-state index is 13.5. The molecular formula is C18H23FN4O2. The minimum absolute atomic E-state index is 0.182. The van der Waals surface area contributed by atoms with Gasteiger partial charge in [-0.1, -0.05) is 23.7 Å². The topological polar surface area (TPSA) is 71.3 Å². The van der Waals surface area contributed by atoms with E-state index in [9.17, 15) is 9.18 Å². The van der Waals surface area contributed by atoms with Crippen LogP contribution in [0.3, 0.4) is 0 Å². The van der Waals surface area contributed by atoms with E-state index in [1.165, 1.54) is 18.6 Å². The molecule has 7 heteroatoms. The first kappa shape index (κ1) is 17.5. The largest absolute Gasteiger partial charge is 0.354 e. The predicted molar refractivity (Wildman–Crippen MR) is 90.4 cm³/mol. The summed E-state index contributed by atoms with van der Waals surface area (Å²) in [7, 11) is 3.58. The number of aromatic nitrogens is 2. The molecule has 1 aromatic heterocycles. The average molecular weight is 346 g/mol. The van der Waals surface area contributed by atoms with Gasteiger partial charge in [-0.25, -0.2) is 4.39 Å². The summed E-state index contributed by atoms with van der Waals surface area (Å²) in [5.74, 6) is 1.18. The van der Waals surface area contributed by atoms with Crippen molar-refractivity contribution >= 4 is 5.91 Å². The molecule has 1 atom stereocenters. The summed E-state index contributed by atoms with van der Waals surface area (Å²) in [6.07, 6.45) is 3.93. The number of rotatable bonds is 7. The lowest BCUT2D eigenvalue weighted by molar-refractivity contribution is -0.125. The number of nitrogens with one attached hydrogen (secondary N) is 1. The van der Waals surface area contributed by atoms with E-state index in [-0.39, 0.29) is 11.7 Å². The lowest BCUT2D eigenvalue weighted by Gasteiger charge is -2.23. The molecule has 0 aliphatic heterocycles. The van der Waals surface area contributed by atoms with E-state index in [4.69, 9.17) is 4.52 Å². The van der Waals surface area contributed by atoms with Gasteiger partial charge in [0, 0.05) is 18.9 Å². The molecule has 25 heavy (non-hydrogen) atoms. The van der Waals surface area contributed by atoms with Gasteiger partial charge in [0.05, 0.1) is 0 Å². The zero-order valence-corrected chi connectivity index (χ0v) is 14.5. The van der Waals surface area contributed by atoms with E-state index in [1.807, 2.05) is 0 Å². The Kier molecular flexibility index (Phi) is 5.43. The third-order valence-electron chi connectivity index (χ3n) is 4.52. The van der Waals surface area contributed by atoms with Crippen LogP contribution in [0.4, 0.5) is 4.39 Å². The first-order chi connectivity index (χ1) is 12.0. The van der Waals surface area contributed by atoms with E-state index in [1.54, 1.807) is 31.1 Å².